The Balaban J connectivity index is 2.07. The molecule has 1 atom stereocenters. The van der Waals surface area contributed by atoms with Gasteiger partial charge < -0.3 is 14.4 Å². The molecule has 4 nitrogen and oxygen atoms in total. The lowest BCUT2D eigenvalue weighted by atomic mass is 10.1. The summed E-state index contributed by atoms with van der Waals surface area (Å²) in [6.07, 6.45) is 1.31. The van der Waals surface area contributed by atoms with Gasteiger partial charge in [0.25, 0.3) is 0 Å². The van der Waals surface area contributed by atoms with E-state index in [0.29, 0.717) is 26.2 Å². The summed E-state index contributed by atoms with van der Waals surface area (Å²) in [5.41, 5.74) is 0.944. The van der Waals surface area contributed by atoms with E-state index < -0.39 is 0 Å². The maximum Gasteiger partial charge on any atom is 0.229 e. The molecule has 0 spiro atoms. The lowest BCUT2D eigenvalue weighted by Crippen LogP contribution is -2.41. The van der Waals surface area contributed by atoms with Crippen LogP contribution in [0.2, 0.25) is 0 Å². The van der Waals surface area contributed by atoms with Crippen molar-refractivity contribution in [2.45, 2.75) is 25.8 Å². The van der Waals surface area contributed by atoms with E-state index >= 15 is 0 Å². The number of carbonyl (C=O) groups is 1. The SMILES string of the molecule is CCOCCC(=O)N(c1ccccc1)[C@@H]1CCOC1. The Hall–Kier alpha value is -1.39. The van der Waals surface area contributed by atoms with Crippen LogP contribution in [-0.4, -0.2) is 38.4 Å². The monoisotopic (exact) mass is 263 g/mol. The minimum atomic E-state index is 0.107. The molecule has 0 radical (unpaired) electrons. The van der Waals surface area contributed by atoms with Crippen LogP contribution in [0.5, 0.6) is 0 Å². The molecule has 1 heterocycles. The number of hydrogen-bond donors (Lipinski definition) is 0. The quantitative estimate of drug-likeness (QED) is 0.739. The summed E-state index contributed by atoms with van der Waals surface area (Å²) in [4.78, 5) is 14.3. The van der Waals surface area contributed by atoms with Crippen molar-refractivity contribution in [1.29, 1.82) is 0 Å². The fourth-order valence-electron chi connectivity index (χ4n) is 2.30. The molecule has 1 aliphatic rings. The fourth-order valence-corrected chi connectivity index (χ4v) is 2.30. The molecule has 1 fully saturated rings. The topological polar surface area (TPSA) is 38.8 Å². The first-order chi connectivity index (χ1) is 9.33. The Morgan fingerprint density at radius 2 is 2.21 bits per heavy atom. The molecule has 0 saturated carbocycles. The number of amides is 1. The van der Waals surface area contributed by atoms with Gasteiger partial charge >= 0.3 is 0 Å². The summed E-state index contributed by atoms with van der Waals surface area (Å²) in [5.74, 6) is 0.107. The molecule has 4 heteroatoms. The number of ether oxygens (including phenoxy) is 2. The third kappa shape index (κ3) is 3.78. The maximum absolute atomic E-state index is 12.4. The molecule has 2 rings (SSSR count). The molecule has 0 bridgehead atoms. The van der Waals surface area contributed by atoms with Gasteiger partial charge in [0.05, 0.1) is 25.7 Å². The summed E-state index contributed by atoms with van der Waals surface area (Å²) in [5, 5.41) is 0. The van der Waals surface area contributed by atoms with Crippen LogP contribution in [0.15, 0.2) is 30.3 Å². The van der Waals surface area contributed by atoms with Crippen molar-refractivity contribution < 1.29 is 14.3 Å². The molecular weight excluding hydrogens is 242 g/mol. The van der Waals surface area contributed by atoms with Crippen LogP contribution in [-0.2, 0) is 14.3 Å². The Morgan fingerprint density at radius 3 is 2.84 bits per heavy atom. The van der Waals surface area contributed by atoms with Gasteiger partial charge in [-0.25, -0.2) is 0 Å². The van der Waals surface area contributed by atoms with E-state index in [0.717, 1.165) is 18.7 Å². The van der Waals surface area contributed by atoms with Crippen LogP contribution in [0.25, 0.3) is 0 Å². The van der Waals surface area contributed by atoms with Crippen LogP contribution < -0.4 is 4.90 Å². The van der Waals surface area contributed by atoms with E-state index in [2.05, 4.69) is 0 Å². The van der Waals surface area contributed by atoms with Crippen molar-refractivity contribution in [3.05, 3.63) is 30.3 Å². The average Bonchev–Trinajstić information content (AvgIpc) is 2.94. The van der Waals surface area contributed by atoms with Crippen LogP contribution in [0.4, 0.5) is 5.69 Å². The molecule has 19 heavy (non-hydrogen) atoms. The summed E-state index contributed by atoms with van der Waals surface area (Å²) >= 11 is 0. The molecule has 1 amide bonds. The number of carbonyl (C=O) groups excluding carboxylic acids is 1. The predicted octanol–water partition coefficient (Wildman–Crippen LogP) is 2.24. The molecule has 1 aliphatic heterocycles. The van der Waals surface area contributed by atoms with Crippen molar-refractivity contribution in [3.63, 3.8) is 0 Å². The summed E-state index contributed by atoms with van der Waals surface area (Å²) in [6.45, 7) is 4.41. The van der Waals surface area contributed by atoms with Gasteiger partial charge in [0.15, 0.2) is 0 Å². The van der Waals surface area contributed by atoms with Gasteiger partial charge in [-0.05, 0) is 25.5 Å². The van der Waals surface area contributed by atoms with Gasteiger partial charge in [-0.1, -0.05) is 18.2 Å². The minimum Gasteiger partial charge on any atom is -0.381 e. The average molecular weight is 263 g/mol. The zero-order valence-corrected chi connectivity index (χ0v) is 11.4. The van der Waals surface area contributed by atoms with Crippen LogP contribution in [0, 0.1) is 0 Å². The van der Waals surface area contributed by atoms with E-state index in [9.17, 15) is 4.79 Å². The van der Waals surface area contributed by atoms with E-state index in [1.165, 1.54) is 0 Å². The molecule has 104 valence electrons. The number of rotatable bonds is 6. The van der Waals surface area contributed by atoms with E-state index in [1.54, 1.807) is 0 Å². The lowest BCUT2D eigenvalue weighted by molar-refractivity contribution is -0.120. The number of benzene rings is 1. The Kier molecular flexibility index (Phi) is 5.36. The van der Waals surface area contributed by atoms with E-state index in [4.69, 9.17) is 9.47 Å². The largest absolute Gasteiger partial charge is 0.381 e. The molecule has 1 aromatic carbocycles. The van der Waals surface area contributed by atoms with Gasteiger partial charge in [-0.2, -0.15) is 0 Å². The van der Waals surface area contributed by atoms with Gasteiger partial charge in [0.1, 0.15) is 0 Å². The third-order valence-electron chi connectivity index (χ3n) is 3.24. The number of hydrogen-bond acceptors (Lipinski definition) is 3. The third-order valence-corrected chi connectivity index (χ3v) is 3.24. The first-order valence-corrected chi connectivity index (χ1v) is 6.85. The summed E-state index contributed by atoms with van der Waals surface area (Å²) in [7, 11) is 0. The van der Waals surface area contributed by atoms with Crippen molar-refractivity contribution in [2.24, 2.45) is 0 Å². The standard InChI is InChI=1S/C15H21NO3/c1-2-18-11-9-15(17)16(14-8-10-19-12-14)13-6-4-3-5-7-13/h3-7,14H,2,8-12H2,1H3/t14-/m1/s1. The Morgan fingerprint density at radius 1 is 1.42 bits per heavy atom. The highest BCUT2D eigenvalue weighted by atomic mass is 16.5. The first-order valence-electron chi connectivity index (χ1n) is 6.85. The first kappa shape index (κ1) is 14.0. The predicted molar refractivity (Wildman–Crippen MR) is 74.3 cm³/mol. The highest BCUT2D eigenvalue weighted by molar-refractivity contribution is 5.94. The number of nitrogens with zero attached hydrogens (tertiary/aromatic N) is 1. The van der Waals surface area contributed by atoms with Crippen LogP contribution in [0.3, 0.4) is 0 Å². The van der Waals surface area contributed by atoms with Crippen molar-refractivity contribution in [2.75, 3.05) is 31.3 Å². The number of anilines is 1. The zero-order chi connectivity index (χ0) is 13.5. The molecule has 0 aromatic heterocycles. The second-order valence-electron chi connectivity index (χ2n) is 4.56. The molecular formula is C15H21NO3. The molecule has 0 N–H and O–H groups in total. The van der Waals surface area contributed by atoms with Crippen molar-refractivity contribution >= 4 is 11.6 Å². The minimum absolute atomic E-state index is 0.107. The van der Waals surface area contributed by atoms with Crippen molar-refractivity contribution in [1.82, 2.24) is 0 Å². The summed E-state index contributed by atoms with van der Waals surface area (Å²) in [6, 6.07) is 9.95. The van der Waals surface area contributed by atoms with Gasteiger partial charge in [0.2, 0.25) is 5.91 Å². The lowest BCUT2D eigenvalue weighted by Gasteiger charge is -2.28. The molecule has 1 saturated heterocycles. The van der Waals surface area contributed by atoms with E-state index in [1.807, 2.05) is 42.2 Å². The molecule has 1 aromatic rings. The Labute approximate surface area is 114 Å². The zero-order valence-electron chi connectivity index (χ0n) is 11.4. The number of para-hydroxylation sites is 1. The van der Waals surface area contributed by atoms with Crippen LogP contribution in [0.1, 0.15) is 19.8 Å². The van der Waals surface area contributed by atoms with Gasteiger partial charge in [-0.15, -0.1) is 0 Å². The van der Waals surface area contributed by atoms with Crippen LogP contribution >= 0.6 is 0 Å². The second-order valence-corrected chi connectivity index (χ2v) is 4.56. The fraction of sp³-hybridized carbons (Fsp3) is 0.533. The highest BCUT2D eigenvalue weighted by Gasteiger charge is 2.28. The molecule has 0 unspecified atom stereocenters. The van der Waals surface area contributed by atoms with E-state index in [-0.39, 0.29) is 11.9 Å². The van der Waals surface area contributed by atoms with Crippen molar-refractivity contribution in [3.8, 4) is 0 Å². The second kappa shape index (κ2) is 7.26. The highest BCUT2D eigenvalue weighted by Crippen LogP contribution is 2.22. The summed E-state index contributed by atoms with van der Waals surface area (Å²) < 4.78 is 10.7. The Bertz CT molecular complexity index is 388. The molecule has 0 aliphatic carbocycles. The smallest absolute Gasteiger partial charge is 0.229 e. The maximum atomic E-state index is 12.4. The van der Waals surface area contributed by atoms with Gasteiger partial charge in [-0.3, -0.25) is 4.79 Å². The normalized spacial score (nSPS) is 18.5. The van der Waals surface area contributed by atoms with Gasteiger partial charge in [0, 0.05) is 18.9 Å².